The van der Waals surface area contributed by atoms with Crippen molar-refractivity contribution in [3.63, 3.8) is 0 Å². The molecule has 2 fully saturated rings. The fourth-order valence-electron chi connectivity index (χ4n) is 2.80. The molecule has 0 spiro atoms. The van der Waals surface area contributed by atoms with Gasteiger partial charge < -0.3 is 5.32 Å². The molecule has 0 aromatic heterocycles. The highest BCUT2D eigenvalue weighted by Gasteiger charge is 2.33. The molecule has 21 heavy (non-hydrogen) atoms. The van der Waals surface area contributed by atoms with Gasteiger partial charge in [-0.15, -0.1) is 0 Å². The molecule has 1 unspecified atom stereocenters. The molecule has 0 bridgehead atoms. The highest BCUT2D eigenvalue weighted by atomic mass is 79.9. The summed E-state index contributed by atoms with van der Waals surface area (Å²) in [5.41, 5.74) is 1.11. The van der Waals surface area contributed by atoms with E-state index in [1.54, 1.807) is 10.4 Å². The van der Waals surface area contributed by atoms with Gasteiger partial charge in [-0.05, 0) is 66.2 Å². The summed E-state index contributed by atoms with van der Waals surface area (Å²) in [5, 5.41) is 3.44. The lowest BCUT2D eigenvalue weighted by molar-refractivity contribution is 0.408. The Morgan fingerprint density at radius 3 is 2.67 bits per heavy atom. The molecule has 116 valence electrons. The molecule has 1 aromatic rings. The van der Waals surface area contributed by atoms with Crippen LogP contribution in [0.2, 0.25) is 0 Å². The SMILES string of the molecule is CC1CCCN1S(=O)(=O)c1ccc(CNC2CC2)cc1Br. The van der Waals surface area contributed by atoms with Crippen molar-refractivity contribution in [1.82, 2.24) is 9.62 Å². The highest BCUT2D eigenvalue weighted by molar-refractivity contribution is 9.10. The van der Waals surface area contributed by atoms with E-state index < -0.39 is 10.0 Å². The van der Waals surface area contributed by atoms with Crippen LogP contribution in [0.25, 0.3) is 0 Å². The van der Waals surface area contributed by atoms with Crippen molar-refractivity contribution in [3.05, 3.63) is 28.2 Å². The maximum atomic E-state index is 12.7. The molecule has 3 rings (SSSR count). The minimum atomic E-state index is -3.39. The molecule has 1 atom stereocenters. The summed E-state index contributed by atoms with van der Waals surface area (Å²) in [6.07, 6.45) is 4.39. The van der Waals surface area contributed by atoms with Gasteiger partial charge in [-0.2, -0.15) is 4.31 Å². The number of nitrogens with one attached hydrogen (secondary N) is 1. The van der Waals surface area contributed by atoms with E-state index >= 15 is 0 Å². The summed E-state index contributed by atoms with van der Waals surface area (Å²) >= 11 is 3.44. The first kappa shape index (κ1) is 15.5. The lowest BCUT2D eigenvalue weighted by Crippen LogP contribution is -2.33. The minimum absolute atomic E-state index is 0.0955. The van der Waals surface area contributed by atoms with Crippen molar-refractivity contribution in [2.75, 3.05) is 6.54 Å². The molecule has 6 heteroatoms. The van der Waals surface area contributed by atoms with Crippen molar-refractivity contribution in [3.8, 4) is 0 Å². The molecular formula is C15H21BrN2O2S. The lowest BCUT2D eigenvalue weighted by atomic mass is 10.2. The van der Waals surface area contributed by atoms with Crippen LogP contribution in [0.1, 0.15) is 38.2 Å². The van der Waals surface area contributed by atoms with Gasteiger partial charge in [0.1, 0.15) is 0 Å². The quantitative estimate of drug-likeness (QED) is 0.864. The van der Waals surface area contributed by atoms with Crippen LogP contribution in [0, 0.1) is 0 Å². The van der Waals surface area contributed by atoms with Crippen LogP contribution in [-0.2, 0) is 16.6 Å². The van der Waals surface area contributed by atoms with Gasteiger partial charge in [0.05, 0.1) is 4.90 Å². The fraction of sp³-hybridized carbons (Fsp3) is 0.600. The molecule has 1 aromatic carbocycles. The number of hydrogen-bond donors (Lipinski definition) is 1. The molecule has 1 saturated carbocycles. The van der Waals surface area contributed by atoms with E-state index in [1.807, 2.05) is 19.1 Å². The molecule has 0 amide bonds. The summed E-state index contributed by atoms with van der Waals surface area (Å²) in [5.74, 6) is 0. The Kier molecular flexibility index (Phi) is 4.41. The maximum Gasteiger partial charge on any atom is 0.244 e. The van der Waals surface area contributed by atoms with Gasteiger partial charge in [-0.25, -0.2) is 8.42 Å². The first-order valence-electron chi connectivity index (χ1n) is 7.52. The molecule has 1 heterocycles. The van der Waals surface area contributed by atoms with Gasteiger partial charge in [0.2, 0.25) is 10.0 Å². The lowest BCUT2D eigenvalue weighted by Gasteiger charge is -2.21. The molecule has 1 aliphatic carbocycles. The molecule has 2 aliphatic rings. The predicted molar refractivity (Wildman–Crippen MR) is 86.6 cm³/mol. The smallest absolute Gasteiger partial charge is 0.244 e. The number of halogens is 1. The largest absolute Gasteiger partial charge is 0.310 e. The molecule has 4 nitrogen and oxygen atoms in total. The van der Waals surface area contributed by atoms with E-state index in [0.717, 1.165) is 24.9 Å². The van der Waals surface area contributed by atoms with Crippen molar-refractivity contribution in [2.45, 2.75) is 56.1 Å². The molecule has 1 N–H and O–H groups in total. The van der Waals surface area contributed by atoms with Gasteiger partial charge in [0, 0.05) is 29.6 Å². The number of nitrogens with zero attached hydrogens (tertiary/aromatic N) is 1. The maximum absolute atomic E-state index is 12.7. The Bertz CT molecular complexity index is 629. The normalized spacial score (nSPS) is 23.6. The number of hydrogen-bond acceptors (Lipinski definition) is 3. The van der Waals surface area contributed by atoms with Gasteiger partial charge >= 0.3 is 0 Å². The first-order chi connectivity index (χ1) is 9.98. The molecule has 1 aliphatic heterocycles. The average Bonchev–Trinajstić information content (AvgIpc) is 3.16. The van der Waals surface area contributed by atoms with E-state index in [2.05, 4.69) is 21.2 Å². The Hall–Kier alpha value is -0.430. The Balaban J connectivity index is 1.80. The Morgan fingerprint density at radius 2 is 2.10 bits per heavy atom. The van der Waals surface area contributed by atoms with Gasteiger partial charge in [-0.3, -0.25) is 0 Å². The second kappa shape index (κ2) is 5.99. The summed E-state index contributed by atoms with van der Waals surface area (Å²) in [6.45, 7) is 3.40. The Morgan fingerprint density at radius 1 is 1.33 bits per heavy atom. The van der Waals surface area contributed by atoms with Gasteiger partial charge in [0.15, 0.2) is 0 Å². The van der Waals surface area contributed by atoms with Crippen molar-refractivity contribution in [1.29, 1.82) is 0 Å². The predicted octanol–water partition coefficient (Wildman–Crippen LogP) is 2.87. The van der Waals surface area contributed by atoms with Crippen LogP contribution >= 0.6 is 15.9 Å². The third-order valence-corrected chi connectivity index (χ3v) is 7.24. The molecular weight excluding hydrogens is 352 g/mol. The second-order valence-electron chi connectivity index (χ2n) is 6.03. The van der Waals surface area contributed by atoms with Crippen molar-refractivity contribution in [2.24, 2.45) is 0 Å². The van der Waals surface area contributed by atoms with Crippen LogP contribution in [-0.4, -0.2) is 31.4 Å². The molecule has 1 saturated heterocycles. The zero-order valence-electron chi connectivity index (χ0n) is 12.2. The highest BCUT2D eigenvalue weighted by Crippen LogP contribution is 2.31. The van der Waals surface area contributed by atoms with Crippen LogP contribution < -0.4 is 5.32 Å². The van der Waals surface area contributed by atoms with E-state index in [9.17, 15) is 8.42 Å². The van der Waals surface area contributed by atoms with Crippen LogP contribution in [0.5, 0.6) is 0 Å². The van der Waals surface area contributed by atoms with Crippen LogP contribution in [0.3, 0.4) is 0 Å². The zero-order chi connectivity index (χ0) is 15.0. The average molecular weight is 373 g/mol. The topological polar surface area (TPSA) is 49.4 Å². The number of sulfonamides is 1. The van der Waals surface area contributed by atoms with Crippen LogP contribution in [0.15, 0.2) is 27.6 Å². The van der Waals surface area contributed by atoms with Crippen molar-refractivity contribution >= 4 is 26.0 Å². The van der Waals surface area contributed by atoms with E-state index in [-0.39, 0.29) is 6.04 Å². The second-order valence-corrected chi connectivity index (χ2v) is 8.74. The van der Waals surface area contributed by atoms with Gasteiger partial charge in [-0.1, -0.05) is 6.07 Å². The van der Waals surface area contributed by atoms with Crippen molar-refractivity contribution < 1.29 is 8.42 Å². The zero-order valence-corrected chi connectivity index (χ0v) is 14.6. The molecule has 0 radical (unpaired) electrons. The van der Waals surface area contributed by atoms with Gasteiger partial charge in [0.25, 0.3) is 0 Å². The van der Waals surface area contributed by atoms with E-state index in [1.165, 1.54) is 12.8 Å². The first-order valence-corrected chi connectivity index (χ1v) is 9.75. The number of rotatable bonds is 5. The minimum Gasteiger partial charge on any atom is -0.310 e. The Labute approximate surface area is 135 Å². The summed E-state index contributed by atoms with van der Waals surface area (Å²) < 4.78 is 27.8. The van der Waals surface area contributed by atoms with E-state index in [4.69, 9.17) is 0 Å². The van der Waals surface area contributed by atoms with Crippen LogP contribution in [0.4, 0.5) is 0 Å². The monoisotopic (exact) mass is 372 g/mol. The standard InChI is InChI=1S/C15H21BrN2O2S/c1-11-3-2-8-18(11)21(19,20)15-7-4-12(9-14(15)16)10-17-13-5-6-13/h4,7,9,11,13,17H,2-3,5-6,8,10H2,1H3. The summed E-state index contributed by atoms with van der Waals surface area (Å²) in [4.78, 5) is 0.381. The summed E-state index contributed by atoms with van der Waals surface area (Å²) in [6, 6.07) is 6.31. The summed E-state index contributed by atoms with van der Waals surface area (Å²) in [7, 11) is -3.39. The third kappa shape index (κ3) is 3.33. The third-order valence-electron chi connectivity index (χ3n) is 4.25. The van der Waals surface area contributed by atoms with E-state index in [0.29, 0.717) is 22.0 Å². The fourth-order valence-corrected chi connectivity index (χ4v) is 5.59. The number of benzene rings is 1.